The molecular formula is C20H16N2O5S. The van der Waals surface area contributed by atoms with Crippen LogP contribution in [-0.2, 0) is 11.3 Å². The number of hydrogen-bond donors (Lipinski definition) is 2. The van der Waals surface area contributed by atoms with E-state index in [1.165, 1.54) is 19.3 Å². The molecule has 2 heterocycles. The highest BCUT2D eigenvalue weighted by Gasteiger charge is 2.26. The second-order valence-corrected chi connectivity index (χ2v) is 6.84. The molecule has 0 spiro atoms. The molecule has 3 aromatic rings. The second kappa shape index (κ2) is 8.45. The number of anilines is 1. The number of amides is 1. The number of benzene rings is 1. The Labute approximate surface area is 164 Å². The number of nitrogens with zero attached hydrogens (tertiary/aromatic N) is 1. The van der Waals surface area contributed by atoms with Gasteiger partial charge < -0.3 is 15.2 Å². The largest absolute Gasteiger partial charge is 0.478 e. The average Bonchev–Trinajstić information content (AvgIpc) is 3.03. The van der Waals surface area contributed by atoms with Crippen molar-refractivity contribution in [2.75, 3.05) is 5.32 Å². The zero-order valence-corrected chi connectivity index (χ0v) is 15.7. The fourth-order valence-corrected chi connectivity index (χ4v) is 3.60. The summed E-state index contributed by atoms with van der Waals surface area (Å²) < 4.78 is 5.29. The standard InChI is InChI=1S/C20H16N2O5S/c1-12-15(19(24)25)18(22-17(23)14-8-5-9-21-10-14)28-16(12)20(26)27-11-13-6-3-2-4-7-13/h2-10H,11H2,1H3,(H,22,23)(H,24,25). The number of nitrogens with one attached hydrogen (secondary N) is 1. The SMILES string of the molecule is Cc1c(C(=O)OCc2ccccc2)sc(NC(=O)c2cccnc2)c1C(=O)O. The minimum absolute atomic E-state index is 0.0663. The van der Waals surface area contributed by atoms with Gasteiger partial charge in [-0.1, -0.05) is 30.3 Å². The Bertz CT molecular complexity index is 1020. The van der Waals surface area contributed by atoms with E-state index in [4.69, 9.17) is 4.74 Å². The number of carboxylic acid groups (broad SMARTS) is 1. The van der Waals surface area contributed by atoms with Gasteiger partial charge in [-0.15, -0.1) is 11.3 Å². The van der Waals surface area contributed by atoms with E-state index >= 15 is 0 Å². The molecule has 0 aliphatic carbocycles. The van der Waals surface area contributed by atoms with Crippen LogP contribution in [-0.4, -0.2) is 27.9 Å². The highest BCUT2D eigenvalue weighted by Crippen LogP contribution is 2.34. The lowest BCUT2D eigenvalue weighted by atomic mass is 10.1. The Balaban J connectivity index is 1.82. The van der Waals surface area contributed by atoms with Crippen LogP contribution in [0.1, 0.15) is 41.5 Å². The smallest absolute Gasteiger partial charge is 0.349 e. The highest BCUT2D eigenvalue weighted by molar-refractivity contribution is 7.18. The third-order valence-corrected chi connectivity index (χ3v) is 5.10. The zero-order valence-electron chi connectivity index (χ0n) is 14.8. The van der Waals surface area contributed by atoms with Gasteiger partial charge in [0.1, 0.15) is 16.5 Å². The summed E-state index contributed by atoms with van der Waals surface area (Å²) in [5.41, 5.74) is 1.21. The van der Waals surface area contributed by atoms with Gasteiger partial charge in [-0.05, 0) is 30.2 Å². The molecule has 2 N–H and O–H groups in total. The summed E-state index contributed by atoms with van der Waals surface area (Å²) in [7, 11) is 0. The number of thiophene rings is 1. The molecule has 8 heteroatoms. The minimum Gasteiger partial charge on any atom is -0.478 e. The monoisotopic (exact) mass is 396 g/mol. The van der Waals surface area contributed by atoms with Crippen molar-refractivity contribution < 1.29 is 24.2 Å². The van der Waals surface area contributed by atoms with E-state index in [-0.39, 0.29) is 33.2 Å². The van der Waals surface area contributed by atoms with Crippen LogP contribution in [0.3, 0.4) is 0 Å². The maximum atomic E-state index is 12.5. The van der Waals surface area contributed by atoms with Crippen molar-refractivity contribution in [1.29, 1.82) is 0 Å². The number of rotatable bonds is 6. The lowest BCUT2D eigenvalue weighted by Crippen LogP contribution is -2.13. The summed E-state index contributed by atoms with van der Waals surface area (Å²) in [5.74, 6) is -2.39. The third-order valence-electron chi connectivity index (χ3n) is 3.91. The number of carboxylic acids is 1. The highest BCUT2D eigenvalue weighted by atomic mass is 32.1. The van der Waals surface area contributed by atoms with Crippen molar-refractivity contribution in [3.8, 4) is 0 Å². The number of aromatic carboxylic acids is 1. The predicted molar refractivity (Wildman–Crippen MR) is 104 cm³/mol. The molecule has 0 atom stereocenters. The molecule has 0 aliphatic rings. The first-order valence-electron chi connectivity index (χ1n) is 8.26. The van der Waals surface area contributed by atoms with Crippen LogP contribution in [0.15, 0.2) is 54.9 Å². The van der Waals surface area contributed by atoms with E-state index in [1.807, 2.05) is 30.3 Å². The second-order valence-electron chi connectivity index (χ2n) is 5.82. The maximum Gasteiger partial charge on any atom is 0.349 e. The Morgan fingerprint density at radius 2 is 1.89 bits per heavy atom. The Kier molecular flexibility index (Phi) is 5.81. The summed E-state index contributed by atoms with van der Waals surface area (Å²) >= 11 is 0.873. The Hall–Kier alpha value is -3.52. The fourth-order valence-electron chi connectivity index (χ4n) is 2.51. The number of ether oxygens (including phenoxy) is 1. The molecule has 0 aliphatic heterocycles. The van der Waals surface area contributed by atoms with Crippen LogP contribution in [0.4, 0.5) is 5.00 Å². The van der Waals surface area contributed by atoms with Crippen LogP contribution in [0.2, 0.25) is 0 Å². The van der Waals surface area contributed by atoms with Crippen molar-refractivity contribution in [2.24, 2.45) is 0 Å². The summed E-state index contributed by atoms with van der Waals surface area (Å²) in [6, 6.07) is 12.3. The van der Waals surface area contributed by atoms with Gasteiger partial charge in [0.15, 0.2) is 0 Å². The molecule has 1 amide bonds. The predicted octanol–water partition coefficient (Wildman–Crippen LogP) is 3.76. The topological polar surface area (TPSA) is 106 Å². The van der Waals surface area contributed by atoms with Crippen molar-refractivity contribution in [1.82, 2.24) is 4.98 Å². The molecule has 0 saturated heterocycles. The van der Waals surface area contributed by atoms with Gasteiger partial charge in [-0.3, -0.25) is 9.78 Å². The number of hydrogen-bond acceptors (Lipinski definition) is 6. The number of esters is 1. The van der Waals surface area contributed by atoms with Crippen LogP contribution in [0, 0.1) is 6.92 Å². The molecule has 0 fully saturated rings. The van der Waals surface area contributed by atoms with E-state index in [2.05, 4.69) is 10.3 Å². The first kappa shape index (κ1) is 19.2. The Morgan fingerprint density at radius 3 is 2.54 bits per heavy atom. The van der Waals surface area contributed by atoms with Crippen molar-refractivity contribution in [2.45, 2.75) is 13.5 Å². The zero-order chi connectivity index (χ0) is 20.1. The number of pyridine rings is 1. The minimum atomic E-state index is -1.24. The molecule has 0 bridgehead atoms. The first-order valence-corrected chi connectivity index (χ1v) is 9.08. The lowest BCUT2D eigenvalue weighted by Gasteiger charge is -2.04. The number of carbonyl (C=O) groups excluding carboxylic acids is 2. The van der Waals surface area contributed by atoms with Crippen LogP contribution in [0.5, 0.6) is 0 Å². The van der Waals surface area contributed by atoms with Gasteiger partial charge in [0.25, 0.3) is 5.91 Å². The molecule has 142 valence electrons. The van der Waals surface area contributed by atoms with Crippen LogP contribution >= 0.6 is 11.3 Å². The van der Waals surface area contributed by atoms with Gasteiger partial charge in [0.05, 0.1) is 11.1 Å². The molecule has 28 heavy (non-hydrogen) atoms. The molecule has 7 nitrogen and oxygen atoms in total. The quantitative estimate of drug-likeness (QED) is 0.615. The number of aromatic nitrogens is 1. The van der Waals surface area contributed by atoms with E-state index in [0.29, 0.717) is 0 Å². The first-order chi connectivity index (χ1) is 13.5. The van der Waals surface area contributed by atoms with Gasteiger partial charge >= 0.3 is 11.9 Å². The molecule has 0 radical (unpaired) electrons. The van der Waals surface area contributed by atoms with Crippen molar-refractivity contribution in [3.63, 3.8) is 0 Å². The van der Waals surface area contributed by atoms with Gasteiger partial charge in [-0.25, -0.2) is 9.59 Å². The summed E-state index contributed by atoms with van der Waals surface area (Å²) in [4.78, 5) is 40.5. The molecule has 0 saturated carbocycles. The summed E-state index contributed by atoms with van der Waals surface area (Å²) in [6.45, 7) is 1.58. The van der Waals surface area contributed by atoms with Gasteiger partial charge in [-0.2, -0.15) is 0 Å². The van der Waals surface area contributed by atoms with Crippen LogP contribution in [0.25, 0.3) is 0 Å². The summed E-state index contributed by atoms with van der Waals surface area (Å²) in [6.07, 6.45) is 2.89. The molecular weight excluding hydrogens is 380 g/mol. The maximum absolute atomic E-state index is 12.5. The molecule has 0 unspecified atom stereocenters. The third kappa shape index (κ3) is 4.24. The molecule has 3 rings (SSSR count). The lowest BCUT2D eigenvalue weighted by molar-refractivity contribution is 0.0477. The summed E-state index contributed by atoms with van der Waals surface area (Å²) in [5, 5.41) is 12.1. The van der Waals surface area contributed by atoms with Gasteiger partial charge in [0.2, 0.25) is 0 Å². The van der Waals surface area contributed by atoms with Gasteiger partial charge in [0, 0.05) is 12.4 Å². The molecule has 2 aromatic heterocycles. The average molecular weight is 396 g/mol. The van der Waals surface area contributed by atoms with E-state index in [0.717, 1.165) is 16.9 Å². The van der Waals surface area contributed by atoms with E-state index < -0.39 is 17.8 Å². The van der Waals surface area contributed by atoms with Crippen LogP contribution < -0.4 is 5.32 Å². The number of carbonyl (C=O) groups is 3. The fraction of sp³-hybridized carbons (Fsp3) is 0.100. The Morgan fingerprint density at radius 1 is 1.14 bits per heavy atom. The van der Waals surface area contributed by atoms with E-state index in [9.17, 15) is 19.5 Å². The van der Waals surface area contributed by atoms with E-state index in [1.54, 1.807) is 12.1 Å². The normalized spacial score (nSPS) is 10.3. The van der Waals surface area contributed by atoms with Crippen molar-refractivity contribution in [3.05, 3.63) is 82.0 Å². The molecule has 1 aromatic carbocycles. The van der Waals surface area contributed by atoms with Crippen molar-refractivity contribution >= 4 is 34.2 Å².